The number of nitrogens with two attached hydrogens (primary N) is 1. The summed E-state index contributed by atoms with van der Waals surface area (Å²) in [5.74, 6) is 0.579. The summed E-state index contributed by atoms with van der Waals surface area (Å²) in [7, 11) is 0. The smallest absolute Gasteiger partial charge is 0.312 e. The van der Waals surface area contributed by atoms with Crippen LogP contribution >= 0.6 is 0 Å². The predicted molar refractivity (Wildman–Crippen MR) is 64.7 cm³/mol. The molecular weight excluding hydrogens is 188 g/mol. The van der Waals surface area contributed by atoms with Gasteiger partial charge in [-0.15, -0.1) is 0 Å². The molecule has 0 aromatic rings. The second-order valence-electron chi connectivity index (χ2n) is 4.87. The molecule has 3 heteroatoms. The SMILES string of the molecule is CCCC(CCC)(CC(C)C)NC(N)=O. The summed E-state index contributed by atoms with van der Waals surface area (Å²) >= 11 is 0. The van der Waals surface area contributed by atoms with Gasteiger partial charge in [-0.05, 0) is 25.2 Å². The Balaban J connectivity index is 4.62. The quantitative estimate of drug-likeness (QED) is 0.672. The predicted octanol–water partition coefficient (Wildman–Crippen LogP) is 3.04. The molecule has 0 unspecified atom stereocenters. The van der Waals surface area contributed by atoms with Crippen molar-refractivity contribution in [1.29, 1.82) is 0 Å². The van der Waals surface area contributed by atoms with Crippen LogP contribution in [0.3, 0.4) is 0 Å². The highest BCUT2D eigenvalue weighted by Crippen LogP contribution is 2.27. The molecule has 0 aliphatic carbocycles. The normalized spacial score (nSPS) is 11.8. The number of urea groups is 1. The lowest BCUT2D eigenvalue weighted by Crippen LogP contribution is -2.51. The lowest BCUT2D eigenvalue weighted by atomic mass is 9.81. The highest BCUT2D eigenvalue weighted by Gasteiger charge is 2.30. The van der Waals surface area contributed by atoms with E-state index in [2.05, 4.69) is 33.0 Å². The Labute approximate surface area is 93.8 Å². The second-order valence-corrected chi connectivity index (χ2v) is 4.87. The summed E-state index contributed by atoms with van der Waals surface area (Å²) in [4.78, 5) is 11.1. The number of nitrogens with one attached hydrogen (secondary N) is 1. The average Bonchev–Trinajstić information content (AvgIpc) is 2.01. The molecule has 0 aromatic carbocycles. The van der Waals surface area contributed by atoms with Gasteiger partial charge in [-0.1, -0.05) is 40.5 Å². The summed E-state index contributed by atoms with van der Waals surface area (Å²) in [6.07, 6.45) is 5.20. The van der Waals surface area contributed by atoms with E-state index in [0.717, 1.165) is 32.1 Å². The molecule has 15 heavy (non-hydrogen) atoms. The first-order valence-electron chi connectivity index (χ1n) is 6.03. The maximum absolute atomic E-state index is 11.1. The Morgan fingerprint density at radius 2 is 1.73 bits per heavy atom. The Kier molecular flexibility index (Phi) is 6.37. The third-order valence-electron chi connectivity index (χ3n) is 2.64. The van der Waals surface area contributed by atoms with Crippen LogP contribution in [0, 0.1) is 5.92 Å². The topological polar surface area (TPSA) is 55.1 Å². The molecule has 2 amide bonds. The van der Waals surface area contributed by atoms with Gasteiger partial charge < -0.3 is 11.1 Å². The Morgan fingerprint density at radius 3 is 2.00 bits per heavy atom. The minimum Gasteiger partial charge on any atom is -0.352 e. The van der Waals surface area contributed by atoms with Crippen LogP contribution in [0.5, 0.6) is 0 Å². The largest absolute Gasteiger partial charge is 0.352 e. The van der Waals surface area contributed by atoms with Crippen molar-refractivity contribution in [3.05, 3.63) is 0 Å². The molecule has 0 bridgehead atoms. The van der Waals surface area contributed by atoms with Crippen molar-refractivity contribution in [2.75, 3.05) is 0 Å². The van der Waals surface area contributed by atoms with Crippen LogP contribution in [0.4, 0.5) is 4.79 Å². The fraction of sp³-hybridized carbons (Fsp3) is 0.917. The van der Waals surface area contributed by atoms with Gasteiger partial charge in [0.05, 0.1) is 0 Å². The number of rotatable bonds is 7. The maximum atomic E-state index is 11.1. The van der Waals surface area contributed by atoms with Crippen molar-refractivity contribution in [1.82, 2.24) is 5.32 Å². The van der Waals surface area contributed by atoms with E-state index >= 15 is 0 Å². The first-order chi connectivity index (χ1) is 6.95. The summed E-state index contributed by atoms with van der Waals surface area (Å²) in [5, 5.41) is 2.97. The zero-order valence-electron chi connectivity index (χ0n) is 10.6. The molecule has 0 saturated heterocycles. The van der Waals surface area contributed by atoms with Gasteiger partial charge in [-0.3, -0.25) is 0 Å². The van der Waals surface area contributed by atoms with E-state index < -0.39 is 6.03 Å². The van der Waals surface area contributed by atoms with Crippen molar-refractivity contribution < 1.29 is 4.79 Å². The van der Waals surface area contributed by atoms with E-state index in [1.54, 1.807) is 0 Å². The molecule has 0 aromatic heterocycles. The monoisotopic (exact) mass is 214 g/mol. The van der Waals surface area contributed by atoms with Gasteiger partial charge in [0, 0.05) is 5.54 Å². The highest BCUT2D eigenvalue weighted by atomic mass is 16.2. The molecule has 0 radical (unpaired) electrons. The molecule has 0 rings (SSSR count). The van der Waals surface area contributed by atoms with E-state index in [-0.39, 0.29) is 5.54 Å². The molecule has 3 N–H and O–H groups in total. The molecule has 0 atom stereocenters. The number of hydrogen-bond donors (Lipinski definition) is 2. The first-order valence-corrected chi connectivity index (χ1v) is 6.03. The fourth-order valence-corrected chi connectivity index (χ4v) is 2.51. The number of carbonyl (C=O) groups is 1. The first kappa shape index (κ1) is 14.3. The van der Waals surface area contributed by atoms with Gasteiger partial charge in [-0.25, -0.2) is 4.79 Å². The minimum absolute atomic E-state index is 0.0799. The van der Waals surface area contributed by atoms with Crippen LogP contribution in [-0.4, -0.2) is 11.6 Å². The Bertz CT molecular complexity index is 184. The van der Waals surface area contributed by atoms with Gasteiger partial charge in [0.1, 0.15) is 0 Å². The van der Waals surface area contributed by atoms with E-state index in [9.17, 15) is 4.79 Å². The summed E-state index contributed by atoms with van der Waals surface area (Å²) in [5.41, 5.74) is 5.18. The number of amides is 2. The van der Waals surface area contributed by atoms with Crippen molar-refractivity contribution in [2.24, 2.45) is 11.7 Å². The van der Waals surface area contributed by atoms with Crippen molar-refractivity contribution in [2.45, 2.75) is 65.3 Å². The van der Waals surface area contributed by atoms with Gasteiger partial charge in [0.25, 0.3) is 0 Å². The maximum Gasteiger partial charge on any atom is 0.312 e. The summed E-state index contributed by atoms with van der Waals surface area (Å²) in [6, 6.07) is -0.391. The number of hydrogen-bond acceptors (Lipinski definition) is 1. The molecule has 0 aliphatic rings. The zero-order valence-corrected chi connectivity index (χ0v) is 10.6. The van der Waals surface area contributed by atoms with Gasteiger partial charge in [0.2, 0.25) is 0 Å². The summed E-state index contributed by atoms with van der Waals surface area (Å²) in [6.45, 7) is 8.66. The standard InChI is InChI=1S/C12H26N2O/c1-5-7-12(8-6-2,9-10(3)4)14-11(13)15/h10H,5-9H2,1-4H3,(H3,13,14,15). The van der Waals surface area contributed by atoms with Crippen LogP contribution in [0.1, 0.15) is 59.8 Å². The second kappa shape index (κ2) is 6.70. The molecular formula is C12H26N2O. The fourth-order valence-electron chi connectivity index (χ4n) is 2.51. The Morgan fingerprint density at radius 1 is 1.27 bits per heavy atom. The van der Waals surface area contributed by atoms with Crippen molar-refractivity contribution in [3.63, 3.8) is 0 Å². The highest BCUT2D eigenvalue weighted by molar-refractivity contribution is 5.72. The van der Waals surface area contributed by atoms with Gasteiger partial charge >= 0.3 is 6.03 Å². The molecule has 0 fully saturated rings. The molecule has 0 saturated carbocycles. The van der Waals surface area contributed by atoms with E-state index in [1.165, 1.54) is 0 Å². The lowest BCUT2D eigenvalue weighted by molar-refractivity contribution is 0.207. The number of carbonyl (C=O) groups excluding carboxylic acids is 1. The van der Waals surface area contributed by atoms with Crippen LogP contribution < -0.4 is 11.1 Å². The molecule has 0 spiro atoms. The Hall–Kier alpha value is -0.730. The summed E-state index contributed by atoms with van der Waals surface area (Å²) < 4.78 is 0. The molecule has 90 valence electrons. The van der Waals surface area contributed by atoms with E-state index in [0.29, 0.717) is 5.92 Å². The third-order valence-corrected chi connectivity index (χ3v) is 2.64. The van der Waals surface area contributed by atoms with E-state index in [1.807, 2.05) is 0 Å². The third kappa shape index (κ3) is 5.65. The van der Waals surface area contributed by atoms with Gasteiger partial charge in [0.15, 0.2) is 0 Å². The van der Waals surface area contributed by atoms with Crippen LogP contribution in [0.15, 0.2) is 0 Å². The van der Waals surface area contributed by atoms with Crippen molar-refractivity contribution in [3.8, 4) is 0 Å². The van der Waals surface area contributed by atoms with Gasteiger partial charge in [-0.2, -0.15) is 0 Å². The van der Waals surface area contributed by atoms with Crippen LogP contribution in [0.2, 0.25) is 0 Å². The average molecular weight is 214 g/mol. The minimum atomic E-state index is -0.391. The molecule has 0 heterocycles. The van der Waals surface area contributed by atoms with Crippen LogP contribution in [0.25, 0.3) is 0 Å². The van der Waals surface area contributed by atoms with Crippen LogP contribution in [-0.2, 0) is 0 Å². The van der Waals surface area contributed by atoms with E-state index in [4.69, 9.17) is 5.73 Å². The lowest BCUT2D eigenvalue weighted by Gasteiger charge is -2.35. The molecule has 0 aliphatic heterocycles. The molecule has 3 nitrogen and oxygen atoms in total. The number of primary amides is 1. The van der Waals surface area contributed by atoms with Crippen molar-refractivity contribution >= 4 is 6.03 Å². The zero-order chi connectivity index (χ0) is 11.9.